The van der Waals surface area contributed by atoms with Crippen LogP contribution < -0.4 is 5.32 Å². The monoisotopic (exact) mass is 199 g/mol. The molecule has 0 saturated carbocycles. The highest BCUT2D eigenvalue weighted by molar-refractivity contribution is 7.98. The SMILES string of the molecule is CSCCNC(C)Cn1cccn1. The van der Waals surface area contributed by atoms with E-state index in [9.17, 15) is 0 Å². The van der Waals surface area contributed by atoms with Crippen molar-refractivity contribution < 1.29 is 0 Å². The van der Waals surface area contributed by atoms with Gasteiger partial charge in [0.1, 0.15) is 0 Å². The van der Waals surface area contributed by atoms with Crippen LogP contribution in [0, 0.1) is 0 Å². The molecule has 0 spiro atoms. The van der Waals surface area contributed by atoms with E-state index in [0.29, 0.717) is 6.04 Å². The summed E-state index contributed by atoms with van der Waals surface area (Å²) in [6, 6.07) is 2.45. The van der Waals surface area contributed by atoms with Gasteiger partial charge in [-0.3, -0.25) is 4.68 Å². The molecule has 0 aliphatic heterocycles. The van der Waals surface area contributed by atoms with Gasteiger partial charge in [-0.1, -0.05) is 0 Å². The first-order valence-electron chi connectivity index (χ1n) is 4.52. The highest BCUT2D eigenvalue weighted by Crippen LogP contribution is 1.92. The fourth-order valence-electron chi connectivity index (χ4n) is 1.16. The Bertz CT molecular complexity index is 211. The van der Waals surface area contributed by atoms with E-state index >= 15 is 0 Å². The lowest BCUT2D eigenvalue weighted by atomic mass is 10.3. The van der Waals surface area contributed by atoms with Crippen molar-refractivity contribution in [3.8, 4) is 0 Å². The van der Waals surface area contributed by atoms with Gasteiger partial charge >= 0.3 is 0 Å². The van der Waals surface area contributed by atoms with Crippen LogP contribution in [0.1, 0.15) is 6.92 Å². The van der Waals surface area contributed by atoms with Crippen LogP contribution in [0.15, 0.2) is 18.5 Å². The molecule has 13 heavy (non-hydrogen) atoms. The predicted octanol–water partition coefficient (Wildman–Crippen LogP) is 1.22. The minimum Gasteiger partial charge on any atom is -0.312 e. The molecule has 0 radical (unpaired) electrons. The molecule has 74 valence electrons. The smallest absolute Gasteiger partial charge is 0.0559 e. The Morgan fingerprint density at radius 1 is 1.62 bits per heavy atom. The summed E-state index contributed by atoms with van der Waals surface area (Å²) in [6.45, 7) is 4.20. The fraction of sp³-hybridized carbons (Fsp3) is 0.667. The van der Waals surface area contributed by atoms with Crippen LogP contribution in [0.3, 0.4) is 0 Å². The first kappa shape index (κ1) is 10.6. The molecule has 0 aliphatic rings. The maximum Gasteiger partial charge on any atom is 0.0559 e. The lowest BCUT2D eigenvalue weighted by Gasteiger charge is -2.12. The Balaban J connectivity index is 2.14. The van der Waals surface area contributed by atoms with Crippen molar-refractivity contribution >= 4 is 11.8 Å². The highest BCUT2D eigenvalue weighted by Gasteiger charge is 2.00. The number of nitrogens with one attached hydrogen (secondary N) is 1. The summed E-state index contributed by atoms with van der Waals surface area (Å²) in [5.74, 6) is 1.17. The predicted molar refractivity (Wildman–Crippen MR) is 58.1 cm³/mol. The molecule has 0 fully saturated rings. The molecule has 1 aromatic heterocycles. The maximum atomic E-state index is 4.16. The molecular weight excluding hydrogens is 182 g/mol. The molecule has 1 rings (SSSR count). The minimum atomic E-state index is 0.493. The summed E-state index contributed by atoms with van der Waals surface area (Å²) >= 11 is 1.87. The lowest BCUT2D eigenvalue weighted by molar-refractivity contribution is 0.463. The number of hydrogen-bond donors (Lipinski definition) is 1. The van der Waals surface area contributed by atoms with E-state index < -0.39 is 0 Å². The fourth-order valence-corrected chi connectivity index (χ4v) is 1.48. The lowest BCUT2D eigenvalue weighted by Crippen LogP contribution is -2.32. The van der Waals surface area contributed by atoms with Crippen LogP contribution in [0.25, 0.3) is 0 Å². The molecule has 0 saturated heterocycles. The van der Waals surface area contributed by atoms with Crippen molar-refractivity contribution in [2.75, 3.05) is 18.6 Å². The van der Waals surface area contributed by atoms with Gasteiger partial charge in [0.2, 0.25) is 0 Å². The quantitative estimate of drug-likeness (QED) is 0.699. The second-order valence-corrected chi connectivity index (χ2v) is 4.06. The van der Waals surface area contributed by atoms with Crippen molar-refractivity contribution in [3.63, 3.8) is 0 Å². The van der Waals surface area contributed by atoms with E-state index in [1.165, 1.54) is 5.75 Å². The van der Waals surface area contributed by atoms with Crippen LogP contribution in [0.4, 0.5) is 0 Å². The minimum absolute atomic E-state index is 0.493. The van der Waals surface area contributed by atoms with Crippen molar-refractivity contribution in [1.29, 1.82) is 0 Å². The molecule has 0 amide bonds. The molecule has 1 N–H and O–H groups in total. The maximum absolute atomic E-state index is 4.16. The third-order valence-corrected chi connectivity index (χ3v) is 2.43. The van der Waals surface area contributed by atoms with Gasteiger partial charge in [0.25, 0.3) is 0 Å². The Morgan fingerprint density at radius 3 is 3.08 bits per heavy atom. The molecule has 4 heteroatoms. The van der Waals surface area contributed by atoms with Crippen LogP contribution in [0.5, 0.6) is 0 Å². The third-order valence-electron chi connectivity index (χ3n) is 1.82. The van der Waals surface area contributed by atoms with Crippen LogP contribution >= 0.6 is 11.8 Å². The number of nitrogens with zero attached hydrogens (tertiary/aromatic N) is 2. The van der Waals surface area contributed by atoms with Gasteiger partial charge in [-0.15, -0.1) is 0 Å². The van der Waals surface area contributed by atoms with Gasteiger partial charge in [0.05, 0.1) is 6.54 Å². The van der Waals surface area contributed by atoms with Gasteiger partial charge in [-0.2, -0.15) is 16.9 Å². The third kappa shape index (κ3) is 4.33. The normalized spacial score (nSPS) is 13.1. The van der Waals surface area contributed by atoms with Gasteiger partial charge in [0.15, 0.2) is 0 Å². The van der Waals surface area contributed by atoms with Gasteiger partial charge in [-0.05, 0) is 19.2 Å². The second-order valence-electron chi connectivity index (χ2n) is 3.08. The molecule has 0 aliphatic carbocycles. The highest BCUT2D eigenvalue weighted by atomic mass is 32.2. The number of aromatic nitrogens is 2. The first-order valence-corrected chi connectivity index (χ1v) is 5.92. The summed E-state index contributed by atoms with van der Waals surface area (Å²) in [4.78, 5) is 0. The molecule has 1 unspecified atom stereocenters. The van der Waals surface area contributed by atoms with Crippen LogP contribution in [-0.4, -0.2) is 34.4 Å². The van der Waals surface area contributed by atoms with Gasteiger partial charge in [0, 0.05) is 30.7 Å². The Labute approximate surface area is 83.9 Å². The first-order chi connectivity index (χ1) is 6.33. The summed E-state index contributed by atoms with van der Waals surface area (Å²) in [6.07, 6.45) is 5.93. The van der Waals surface area contributed by atoms with Crippen molar-refractivity contribution in [2.24, 2.45) is 0 Å². The van der Waals surface area contributed by atoms with Crippen LogP contribution in [-0.2, 0) is 6.54 Å². The average Bonchev–Trinajstić information content (AvgIpc) is 2.57. The Kier molecular flexibility index (Phi) is 4.93. The van der Waals surface area contributed by atoms with Crippen molar-refractivity contribution in [2.45, 2.75) is 19.5 Å². The topological polar surface area (TPSA) is 29.9 Å². The Morgan fingerprint density at radius 2 is 2.46 bits per heavy atom. The van der Waals surface area contributed by atoms with E-state index in [1.807, 2.05) is 34.9 Å². The van der Waals surface area contributed by atoms with E-state index in [0.717, 1.165) is 13.1 Å². The van der Waals surface area contributed by atoms with Crippen molar-refractivity contribution in [3.05, 3.63) is 18.5 Å². The molecule has 1 heterocycles. The molecule has 0 aromatic carbocycles. The zero-order valence-corrected chi connectivity index (χ0v) is 9.05. The van der Waals surface area contributed by atoms with E-state index in [4.69, 9.17) is 0 Å². The van der Waals surface area contributed by atoms with Crippen molar-refractivity contribution in [1.82, 2.24) is 15.1 Å². The Hall–Kier alpha value is -0.480. The summed E-state index contributed by atoms with van der Waals surface area (Å²) in [5.41, 5.74) is 0. The molecule has 1 aromatic rings. The zero-order valence-electron chi connectivity index (χ0n) is 8.23. The second kappa shape index (κ2) is 6.05. The largest absolute Gasteiger partial charge is 0.312 e. The molecule has 0 bridgehead atoms. The number of thioether (sulfide) groups is 1. The zero-order chi connectivity index (χ0) is 9.52. The summed E-state index contributed by atoms with van der Waals surface area (Å²) < 4.78 is 1.96. The van der Waals surface area contributed by atoms with E-state index in [-0.39, 0.29) is 0 Å². The average molecular weight is 199 g/mol. The molecular formula is C9H17N3S. The van der Waals surface area contributed by atoms with E-state index in [1.54, 1.807) is 0 Å². The molecule has 1 atom stereocenters. The summed E-state index contributed by atoms with van der Waals surface area (Å²) in [7, 11) is 0. The van der Waals surface area contributed by atoms with Crippen LogP contribution in [0.2, 0.25) is 0 Å². The van der Waals surface area contributed by atoms with Gasteiger partial charge < -0.3 is 5.32 Å². The standard InChI is InChI=1S/C9H17N3S/c1-9(10-5-7-13-2)8-12-6-3-4-11-12/h3-4,6,9-10H,5,7-8H2,1-2H3. The summed E-state index contributed by atoms with van der Waals surface area (Å²) in [5, 5.41) is 7.60. The number of hydrogen-bond acceptors (Lipinski definition) is 3. The van der Waals surface area contributed by atoms with Gasteiger partial charge in [-0.25, -0.2) is 0 Å². The molecule has 3 nitrogen and oxygen atoms in total. The van der Waals surface area contributed by atoms with E-state index in [2.05, 4.69) is 23.6 Å². The number of rotatable bonds is 6.